The van der Waals surface area contributed by atoms with Crippen LogP contribution in [0.25, 0.3) is 0 Å². The maximum absolute atomic E-state index is 12.6. The molecule has 17 heavy (non-hydrogen) atoms. The predicted molar refractivity (Wildman–Crippen MR) is 60.1 cm³/mol. The normalized spacial score (nSPS) is 11.9. The van der Waals surface area contributed by atoms with E-state index in [2.05, 4.69) is 4.74 Å². The first-order valence-electron chi connectivity index (χ1n) is 4.88. The zero-order valence-corrected chi connectivity index (χ0v) is 9.95. The number of aryl methyl sites for hydroxylation is 1. The minimum Gasteiger partial charge on any atom is -0.428 e. The van der Waals surface area contributed by atoms with Crippen LogP contribution in [0.3, 0.4) is 0 Å². The van der Waals surface area contributed by atoms with Crippen LogP contribution in [0.15, 0.2) is 24.3 Å². The molecule has 6 heteroatoms. The molecule has 0 aliphatic carbocycles. The van der Waals surface area contributed by atoms with E-state index in [4.69, 9.17) is 0 Å². The van der Waals surface area contributed by atoms with E-state index in [1.807, 2.05) is 6.26 Å². The Hall–Kier alpha value is -0.910. The molecular formula is C11H12F4OS. The highest BCUT2D eigenvalue weighted by molar-refractivity contribution is 7.98. The largest absolute Gasteiger partial charge is 0.461 e. The van der Waals surface area contributed by atoms with Gasteiger partial charge in [0.15, 0.2) is 0 Å². The Bertz CT molecular complexity index is 357. The van der Waals surface area contributed by atoms with Gasteiger partial charge in [-0.1, -0.05) is 12.1 Å². The van der Waals surface area contributed by atoms with Gasteiger partial charge in [0, 0.05) is 0 Å². The first kappa shape index (κ1) is 14.2. The highest BCUT2D eigenvalue weighted by atomic mass is 32.2. The molecule has 0 spiro atoms. The van der Waals surface area contributed by atoms with Gasteiger partial charge in [-0.05, 0) is 36.1 Å². The zero-order chi connectivity index (χ0) is 12.9. The van der Waals surface area contributed by atoms with Gasteiger partial charge in [-0.3, -0.25) is 0 Å². The number of alkyl halides is 4. The average molecular weight is 268 g/mol. The van der Waals surface area contributed by atoms with Crippen molar-refractivity contribution in [2.75, 3.05) is 12.0 Å². The fourth-order valence-electron chi connectivity index (χ4n) is 1.19. The van der Waals surface area contributed by atoms with Crippen molar-refractivity contribution in [3.8, 4) is 5.75 Å². The smallest absolute Gasteiger partial charge is 0.428 e. The van der Waals surface area contributed by atoms with Crippen LogP contribution < -0.4 is 4.74 Å². The molecule has 0 aromatic heterocycles. The van der Waals surface area contributed by atoms with Crippen LogP contribution in [-0.2, 0) is 6.42 Å². The van der Waals surface area contributed by atoms with Crippen LogP contribution in [0.5, 0.6) is 5.75 Å². The van der Waals surface area contributed by atoms with Crippen LogP contribution >= 0.6 is 11.8 Å². The predicted octanol–water partition coefficient (Wildman–Crippen LogP) is 3.83. The van der Waals surface area contributed by atoms with Gasteiger partial charge in [-0.15, -0.1) is 0 Å². The van der Waals surface area contributed by atoms with E-state index in [0.717, 1.165) is 11.3 Å². The number of thioether (sulfide) groups is 1. The molecule has 1 aromatic carbocycles. The number of rotatable bonds is 6. The molecule has 0 aliphatic heterocycles. The Labute approximate surface area is 101 Å². The monoisotopic (exact) mass is 268 g/mol. The van der Waals surface area contributed by atoms with Crippen LogP contribution in [-0.4, -0.2) is 24.5 Å². The third-order valence-electron chi connectivity index (χ3n) is 2.00. The molecule has 0 unspecified atom stereocenters. The van der Waals surface area contributed by atoms with E-state index in [-0.39, 0.29) is 5.75 Å². The topological polar surface area (TPSA) is 9.23 Å². The summed E-state index contributed by atoms with van der Waals surface area (Å²) in [5.74, 6) is 0.586. The third kappa shape index (κ3) is 4.46. The maximum atomic E-state index is 12.6. The molecule has 0 bridgehead atoms. The van der Waals surface area contributed by atoms with Gasteiger partial charge in [0.25, 0.3) is 0 Å². The second-order valence-corrected chi connectivity index (χ2v) is 4.34. The van der Waals surface area contributed by atoms with Crippen molar-refractivity contribution in [3.63, 3.8) is 0 Å². The Balaban J connectivity index is 2.71. The molecule has 0 fully saturated rings. The molecule has 1 rings (SSSR count). The second kappa shape index (κ2) is 6.14. The van der Waals surface area contributed by atoms with Crippen molar-refractivity contribution in [2.24, 2.45) is 0 Å². The molecule has 0 saturated carbocycles. The standard InChI is InChI=1S/C11H12F4OS/c1-17-6-5-8-3-2-4-9(7-8)16-11(14,15)10(12)13/h2-4,7,10H,5-6H2,1H3. The molecule has 0 heterocycles. The summed E-state index contributed by atoms with van der Waals surface area (Å²) in [7, 11) is 0. The molecule has 0 saturated heterocycles. The number of hydrogen-bond donors (Lipinski definition) is 0. The van der Waals surface area contributed by atoms with E-state index in [1.54, 1.807) is 17.8 Å². The molecule has 0 amide bonds. The Kier molecular flexibility index (Phi) is 5.11. The Morgan fingerprint density at radius 2 is 2.06 bits per heavy atom. The van der Waals surface area contributed by atoms with Crippen molar-refractivity contribution in [1.82, 2.24) is 0 Å². The van der Waals surface area contributed by atoms with E-state index < -0.39 is 12.5 Å². The molecular weight excluding hydrogens is 256 g/mol. The number of halogens is 4. The van der Waals surface area contributed by atoms with Crippen molar-refractivity contribution in [1.29, 1.82) is 0 Å². The van der Waals surface area contributed by atoms with Crippen LogP contribution in [0.2, 0.25) is 0 Å². The fourth-order valence-corrected chi connectivity index (χ4v) is 1.63. The summed E-state index contributed by atoms with van der Waals surface area (Å²) >= 11 is 1.61. The average Bonchev–Trinajstić information content (AvgIpc) is 2.26. The molecule has 0 N–H and O–H groups in total. The van der Waals surface area contributed by atoms with Gasteiger partial charge in [0.2, 0.25) is 0 Å². The van der Waals surface area contributed by atoms with E-state index in [9.17, 15) is 17.6 Å². The summed E-state index contributed by atoms with van der Waals surface area (Å²) < 4.78 is 53.1. The number of hydrogen-bond acceptors (Lipinski definition) is 2. The first-order chi connectivity index (χ1) is 7.95. The van der Waals surface area contributed by atoms with Gasteiger partial charge in [0.05, 0.1) is 0 Å². The molecule has 0 atom stereocenters. The summed E-state index contributed by atoms with van der Waals surface area (Å²) in [6, 6.07) is 5.83. The summed E-state index contributed by atoms with van der Waals surface area (Å²) in [5, 5.41) is 0. The lowest BCUT2D eigenvalue weighted by Crippen LogP contribution is -2.33. The van der Waals surface area contributed by atoms with Crippen molar-refractivity contribution in [3.05, 3.63) is 29.8 Å². The minimum atomic E-state index is -4.45. The number of ether oxygens (including phenoxy) is 1. The molecule has 1 aromatic rings. The summed E-state index contributed by atoms with van der Waals surface area (Å²) in [4.78, 5) is 0. The van der Waals surface area contributed by atoms with Gasteiger partial charge in [0.1, 0.15) is 5.75 Å². The van der Waals surface area contributed by atoms with Crippen molar-refractivity contribution >= 4 is 11.8 Å². The lowest BCUT2D eigenvalue weighted by atomic mass is 10.2. The second-order valence-electron chi connectivity index (χ2n) is 3.35. The van der Waals surface area contributed by atoms with Crippen LogP contribution in [0.1, 0.15) is 5.56 Å². The SMILES string of the molecule is CSCCc1cccc(OC(F)(F)C(F)F)c1. The van der Waals surface area contributed by atoms with Crippen molar-refractivity contribution in [2.45, 2.75) is 19.0 Å². The molecule has 1 nitrogen and oxygen atoms in total. The highest BCUT2D eigenvalue weighted by Gasteiger charge is 2.43. The van der Waals surface area contributed by atoms with E-state index in [0.29, 0.717) is 6.42 Å². The number of benzene rings is 1. The van der Waals surface area contributed by atoms with Crippen molar-refractivity contribution < 1.29 is 22.3 Å². The summed E-state index contributed by atoms with van der Waals surface area (Å²) in [6.45, 7) is 0. The zero-order valence-electron chi connectivity index (χ0n) is 9.13. The lowest BCUT2D eigenvalue weighted by molar-refractivity contribution is -0.253. The van der Waals surface area contributed by atoms with Crippen LogP contribution in [0.4, 0.5) is 17.6 Å². The van der Waals surface area contributed by atoms with Gasteiger partial charge in [-0.2, -0.15) is 29.3 Å². The highest BCUT2D eigenvalue weighted by Crippen LogP contribution is 2.27. The minimum absolute atomic E-state index is 0.242. The molecule has 0 radical (unpaired) electrons. The fraction of sp³-hybridized carbons (Fsp3) is 0.455. The van der Waals surface area contributed by atoms with Gasteiger partial charge < -0.3 is 4.74 Å². The lowest BCUT2D eigenvalue weighted by Gasteiger charge is -2.17. The third-order valence-corrected chi connectivity index (χ3v) is 2.61. The van der Waals surface area contributed by atoms with Crippen LogP contribution in [0, 0.1) is 0 Å². The first-order valence-corrected chi connectivity index (χ1v) is 6.28. The van der Waals surface area contributed by atoms with E-state index in [1.165, 1.54) is 18.2 Å². The maximum Gasteiger partial charge on any atom is 0.461 e. The molecule has 0 aliphatic rings. The Morgan fingerprint density at radius 1 is 1.35 bits per heavy atom. The Morgan fingerprint density at radius 3 is 2.65 bits per heavy atom. The summed E-state index contributed by atoms with van der Waals surface area (Å²) in [5.41, 5.74) is 0.780. The van der Waals surface area contributed by atoms with E-state index >= 15 is 0 Å². The quantitative estimate of drug-likeness (QED) is 0.725. The van der Waals surface area contributed by atoms with Gasteiger partial charge >= 0.3 is 12.5 Å². The summed E-state index contributed by atoms with van der Waals surface area (Å²) in [6.07, 6.45) is -5.68. The molecule has 96 valence electrons. The van der Waals surface area contributed by atoms with Gasteiger partial charge in [-0.25, -0.2) is 0 Å².